The molecule has 8 heteroatoms. The van der Waals surface area contributed by atoms with E-state index in [0.717, 1.165) is 32.0 Å². The van der Waals surface area contributed by atoms with E-state index in [9.17, 15) is 4.79 Å². The first-order valence-electron chi connectivity index (χ1n) is 9.49. The molecule has 1 atom stereocenters. The van der Waals surface area contributed by atoms with Crippen molar-refractivity contribution in [2.75, 3.05) is 33.2 Å². The molecule has 1 aliphatic heterocycles. The fourth-order valence-electron chi connectivity index (χ4n) is 2.90. The van der Waals surface area contributed by atoms with Gasteiger partial charge in [0.25, 0.3) is 0 Å². The molecule has 0 saturated carbocycles. The molecular weight excluding hydrogens is 362 g/mol. The van der Waals surface area contributed by atoms with Crippen molar-refractivity contribution in [2.45, 2.75) is 52.3 Å². The molecule has 1 amide bonds. The zero-order chi connectivity index (χ0) is 19.9. The topological polar surface area (TPSA) is 78.0 Å². The molecule has 152 valence electrons. The van der Waals surface area contributed by atoms with Crippen LogP contribution >= 0.6 is 11.3 Å². The number of carbonyl (C=O) groups is 1. The number of hydrogen-bond donors (Lipinski definition) is 3. The van der Waals surface area contributed by atoms with Gasteiger partial charge in [0.2, 0.25) is 0 Å². The van der Waals surface area contributed by atoms with E-state index in [-0.39, 0.29) is 0 Å². The van der Waals surface area contributed by atoms with Crippen LogP contribution in [0.2, 0.25) is 0 Å². The number of nitrogens with one attached hydrogen (secondary N) is 3. The van der Waals surface area contributed by atoms with Crippen LogP contribution in [0, 0.1) is 0 Å². The number of nitrogens with zero attached hydrogens (tertiary/aromatic N) is 2. The van der Waals surface area contributed by atoms with Crippen LogP contribution in [-0.4, -0.2) is 61.8 Å². The Morgan fingerprint density at radius 1 is 1.33 bits per heavy atom. The van der Waals surface area contributed by atoms with Gasteiger partial charge in [0.1, 0.15) is 5.60 Å². The van der Waals surface area contributed by atoms with Gasteiger partial charge < -0.3 is 20.7 Å². The summed E-state index contributed by atoms with van der Waals surface area (Å²) in [4.78, 5) is 19.9. The molecule has 0 saturated heterocycles. The van der Waals surface area contributed by atoms with E-state index in [1.807, 2.05) is 32.1 Å². The minimum Gasteiger partial charge on any atom is -0.444 e. The molecule has 27 heavy (non-hydrogen) atoms. The highest BCUT2D eigenvalue weighted by Gasteiger charge is 2.21. The van der Waals surface area contributed by atoms with Crippen LogP contribution in [0.3, 0.4) is 0 Å². The first kappa shape index (κ1) is 21.5. The lowest BCUT2D eigenvalue weighted by Gasteiger charge is -2.32. The predicted octanol–water partition coefficient (Wildman–Crippen LogP) is 2.18. The molecule has 2 rings (SSSR count). The molecule has 0 radical (unpaired) electrons. The lowest BCUT2D eigenvalue weighted by Crippen LogP contribution is -2.48. The van der Waals surface area contributed by atoms with Gasteiger partial charge in [-0.25, -0.2) is 4.79 Å². The molecule has 0 spiro atoms. The van der Waals surface area contributed by atoms with Crippen molar-refractivity contribution < 1.29 is 9.53 Å². The SMILES string of the molecule is CN=C(NCCNC(=O)OC(C)(C)C)NCC(C)N1CCc2sccc2C1. The summed E-state index contributed by atoms with van der Waals surface area (Å²) in [7, 11) is 1.75. The van der Waals surface area contributed by atoms with Gasteiger partial charge in [-0.15, -0.1) is 11.3 Å². The van der Waals surface area contributed by atoms with Gasteiger partial charge >= 0.3 is 6.09 Å². The third-order valence-electron chi connectivity index (χ3n) is 4.33. The number of ether oxygens (including phenoxy) is 1. The van der Waals surface area contributed by atoms with Crippen molar-refractivity contribution in [3.05, 3.63) is 21.9 Å². The average Bonchev–Trinajstić information content (AvgIpc) is 3.07. The van der Waals surface area contributed by atoms with E-state index in [4.69, 9.17) is 4.74 Å². The second-order valence-electron chi connectivity index (χ2n) is 7.75. The van der Waals surface area contributed by atoms with E-state index in [2.05, 4.69) is 44.2 Å². The number of hydrogen-bond acceptors (Lipinski definition) is 5. The Hall–Kier alpha value is -1.80. The van der Waals surface area contributed by atoms with E-state index >= 15 is 0 Å². The van der Waals surface area contributed by atoms with Gasteiger partial charge in [-0.3, -0.25) is 9.89 Å². The lowest BCUT2D eigenvalue weighted by molar-refractivity contribution is 0.0529. The summed E-state index contributed by atoms with van der Waals surface area (Å²) in [6, 6.07) is 2.65. The smallest absolute Gasteiger partial charge is 0.407 e. The normalized spacial score (nSPS) is 16.4. The third-order valence-corrected chi connectivity index (χ3v) is 5.36. The number of carbonyl (C=O) groups excluding carboxylic acids is 1. The van der Waals surface area contributed by atoms with Gasteiger partial charge in [-0.1, -0.05) is 0 Å². The van der Waals surface area contributed by atoms with Crippen LogP contribution < -0.4 is 16.0 Å². The monoisotopic (exact) mass is 395 g/mol. The lowest BCUT2D eigenvalue weighted by atomic mass is 10.1. The quantitative estimate of drug-likeness (QED) is 0.391. The van der Waals surface area contributed by atoms with Crippen molar-refractivity contribution in [3.8, 4) is 0 Å². The number of alkyl carbamates (subject to hydrolysis) is 1. The van der Waals surface area contributed by atoms with Gasteiger partial charge in [-0.2, -0.15) is 0 Å². The van der Waals surface area contributed by atoms with Gasteiger partial charge in [-0.05, 0) is 51.1 Å². The zero-order valence-electron chi connectivity index (χ0n) is 17.1. The fraction of sp³-hybridized carbons (Fsp3) is 0.684. The van der Waals surface area contributed by atoms with Crippen molar-refractivity contribution in [1.82, 2.24) is 20.9 Å². The molecule has 3 N–H and O–H groups in total. The standard InChI is InChI=1S/C19H33N5O2S/c1-14(24-10-6-16-15(13-24)7-11-27-16)12-23-17(20-5)21-8-9-22-18(25)26-19(2,3)4/h7,11,14H,6,8-10,12-13H2,1-5H3,(H,22,25)(H2,20,21,23). The zero-order valence-corrected chi connectivity index (χ0v) is 17.9. The molecular formula is C19H33N5O2S. The minimum atomic E-state index is -0.483. The number of thiophene rings is 1. The molecule has 7 nitrogen and oxygen atoms in total. The maximum absolute atomic E-state index is 11.6. The van der Waals surface area contributed by atoms with E-state index in [0.29, 0.717) is 19.1 Å². The first-order valence-corrected chi connectivity index (χ1v) is 10.4. The Balaban J connectivity index is 1.64. The summed E-state index contributed by atoms with van der Waals surface area (Å²) in [6.45, 7) is 11.8. The molecule has 2 heterocycles. The number of aliphatic imine (C=N–C) groups is 1. The van der Waals surface area contributed by atoms with Crippen LogP contribution in [0.4, 0.5) is 4.79 Å². The summed E-state index contributed by atoms with van der Waals surface area (Å²) >= 11 is 1.87. The Morgan fingerprint density at radius 3 is 2.78 bits per heavy atom. The van der Waals surface area contributed by atoms with Crippen LogP contribution in [0.25, 0.3) is 0 Å². The first-order chi connectivity index (χ1) is 12.8. The highest BCUT2D eigenvalue weighted by molar-refractivity contribution is 7.10. The molecule has 0 fully saturated rings. The third kappa shape index (κ3) is 7.38. The minimum absolute atomic E-state index is 0.404. The summed E-state index contributed by atoms with van der Waals surface area (Å²) in [5.74, 6) is 0.737. The van der Waals surface area contributed by atoms with E-state index in [1.54, 1.807) is 7.05 Å². The molecule has 0 aromatic carbocycles. The highest BCUT2D eigenvalue weighted by Crippen LogP contribution is 2.24. The van der Waals surface area contributed by atoms with Gasteiger partial charge in [0.15, 0.2) is 5.96 Å². The van der Waals surface area contributed by atoms with Gasteiger partial charge in [0.05, 0.1) is 0 Å². The maximum Gasteiger partial charge on any atom is 0.407 e. The molecule has 1 aromatic rings. The molecule has 0 aliphatic carbocycles. The summed E-state index contributed by atoms with van der Waals surface area (Å²) < 4.78 is 5.21. The number of rotatable bonds is 6. The number of amides is 1. The van der Waals surface area contributed by atoms with Crippen molar-refractivity contribution >= 4 is 23.4 Å². The molecule has 1 unspecified atom stereocenters. The van der Waals surface area contributed by atoms with Crippen molar-refractivity contribution in [2.24, 2.45) is 4.99 Å². The van der Waals surface area contributed by atoms with Crippen LogP contribution in [0.15, 0.2) is 16.4 Å². The Bertz CT molecular complexity index is 638. The van der Waals surface area contributed by atoms with Crippen molar-refractivity contribution in [3.63, 3.8) is 0 Å². The Morgan fingerprint density at radius 2 is 2.07 bits per heavy atom. The average molecular weight is 396 g/mol. The van der Waals surface area contributed by atoms with Crippen molar-refractivity contribution in [1.29, 1.82) is 0 Å². The second-order valence-corrected chi connectivity index (χ2v) is 8.75. The largest absolute Gasteiger partial charge is 0.444 e. The maximum atomic E-state index is 11.6. The Labute approximate surface area is 166 Å². The summed E-state index contributed by atoms with van der Waals surface area (Å²) in [5, 5.41) is 11.5. The molecule has 1 aromatic heterocycles. The summed E-state index contributed by atoms with van der Waals surface area (Å²) in [6.07, 6.45) is 0.736. The second kappa shape index (κ2) is 9.94. The molecule has 0 bridgehead atoms. The number of fused-ring (bicyclic) bond motifs is 1. The van der Waals surface area contributed by atoms with Crippen LogP contribution in [0.5, 0.6) is 0 Å². The van der Waals surface area contributed by atoms with Crippen LogP contribution in [-0.2, 0) is 17.7 Å². The highest BCUT2D eigenvalue weighted by atomic mass is 32.1. The van der Waals surface area contributed by atoms with E-state index in [1.165, 1.54) is 10.4 Å². The fourth-order valence-corrected chi connectivity index (χ4v) is 3.79. The Kier molecular flexibility index (Phi) is 7.91. The van der Waals surface area contributed by atoms with Gasteiger partial charge in [0, 0.05) is 50.7 Å². The van der Waals surface area contributed by atoms with E-state index < -0.39 is 11.7 Å². The number of guanidine groups is 1. The molecule has 1 aliphatic rings. The van der Waals surface area contributed by atoms with Crippen LogP contribution in [0.1, 0.15) is 38.1 Å². The summed E-state index contributed by atoms with van der Waals surface area (Å²) in [5.41, 5.74) is 0.984. The predicted molar refractivity (Wildman–Crippen MR) is 111 cm³/mol.